The third-order valence-corrected chi connectivity index (χ3v) is 6.60. The van der Waals surface area contributed by atoms with E-state index < -0.39 is 42.0 Å². The summed E-state index contributed by atoms with van der Waals surface area (Å²) in [6.45, 7) is 3.42. The van der Waals surface area contributed by atoms with Crippen molar-refractivity contribution in [1.29, 1.82) is 0 Å². The predicted molar refractivity (Wildman–Crippen MR) is 115 cm³/mol. The maximum atomic E-state index is 13.3. The molecule has 194 valence electrons. The highest BCUT2D eigenvalue weighted by Gasteiger charge is 2.51. The number of halogens is 4. The normalized spacial score (nSPS) is 27.3. The highest BCUT2D eigenvalue weighted by molar-refractivity contribution is 5.83. The molecule has 4 atom stereocenters. The predicted octanol–water partition coefficient (Wildman–Crippen LogP) is 0.362. The summed E-state index contributed by atoms with van der Waals surface area (Å²) in [6, 6.07) is -1.60. The smallest absolute Gasteiger partial charge is 0.367 e. The van der Waals surface area contributed by atoms with Crippen molar-refractivity contribution in [3.63, 3.8) is 0 Å². The molecule has 0 bridgehead atoms. The third-order valence-electron chi connectivity index (χ3n) is 6.60. The van der Waals surface area contributed by atoms with Gasteiger partial charge in [0.2, 0.25) is 11.9 Å². The number of amides is 2. The van der Waals surface area contributed by atoms with E-state index in [0.29, 0.717) is 44.8 Å². The standard InChI is InChI=1S/C21H29F4N7O3/c1-12(29-15-10-28-30-18(33)17(15)21(23,24)25)11-35-16-4-7-32(19(16)34)14-2-5-31(6-3-14)20-26-8-13(22)9-27-20/h8-9,12,14-17,28-29H,2-7,10-11H2,1H3,(H,30,33)/t12-,15?,16+,17?/m0/s1. The Morgan fingerprint density at radius 2 is 1.86 bits per heavy atom. The van der Waals surface area contributed by atoms with E-state index in [1.807, 2.05) is 10.3 Å². The molecule has 4 rings (SSSR count). The largest absolute Gasteiger partial charge is 0.402 e. The first-order valence-electron chi connectivity index (χ1n) is 11.6. The van der Waals surface area contributed by atoms with Crippen LogP contribution in [0.5, 0.6) is 0 Å². The van der Waals surface area contributed by atoms with E-state index in [9.17, 15) is 27.2 Å². The van der Waals surface area contributed by atoms with Crippen LogP contribution < -0.4 is 21.1 Å². The monoisotopic (exact) mass is 503 g/mol. The first-order chi connectivity index (χ1) is 16.6. The molecule has 0 spiro atoms. The molecule has 0 aromatic carbocycles. The van der Waals surface area contributed by atoms with Crippen molar-refractivity contribution in [3.8, 4) is 0 Å². The highest BCUT2D eigenvalue weighted by Crippen LogP contribution is 2.30. The van der Waals surface area contributed by atoms with Crippen molar-refractivity contribution in [2.24, 2.45) is 5.92 Å². The van der Waals surface area contributed by atoms with Crippen molar-refractivity contribution >= 4 is 17.8 Å². The molecule has 14 heteroatoms. The van der Waals surface area contributed by atoms with Crippen molar-refractivity contribution in [3.05, 3.63) is 18.2 Å². The van der Waals surface area contributed by atoms with Crippen LogP contribution in [0.1, 0.15) is 26.2 Å². The number of alkyl halides is 3. The van der Waals surface area contributed by atoms with Crippen molar-refractivity contribution in [2.45, 2.75) is 56.6 Å². The quantitative estimate of drug-likeness (QED) is 0.458. The van der Waals surface area contributed by atoms with Crippen molar-refractivity contribution in [1.82, 2.24) is 31.0 Å². The molecule has 0 radical (unpaired) electrons. The summed E-state index contributed by atoms with van der Waals surface area (Å²) < 4.78 is 58.7. The number of rotatable bonds is 7. The maximum absolute atomic E-state index is 13.3. The second kappa shape index (κ2) is 10.6. The summed E-state index contributed by atoms with van der Waals surface area (Å²) in [5.41, 5.74) is 4.48. The Bertz CT molecular complexity index is 896. The molecule has 3 saturated heterocycles. The molecular weight excluding hydrogens is 474 g/mol. The number of anilines is 1. The molecule has 0 aliphatic carbocycles. The number of likely N-dealkylation sites (tertiary alicyclic amines) is 1. The molecule has 3 N–H and O–H groups in total. The van der Waals surface area contributed by atoms with Gasteiger partial charge in [-0.05, 0) is 19.8 Å². The van der Waals surface area contributed by atoms with Crippen LogP contribution in [0.15, 0.2) is 12.4 Å². The molecule has 4 heterocycles. The van der Waals surface area contributed by atoms with Gasteiger partial charge in [0.25, 0.3) is 5.91 Å². The topological polar surface area (TPSA) is 112 Å². The summed E-state index contributed by atoms with van der Waals surface area (Å²) in [6.07, 6.45) is -1.14. The lowest BCUT2D eigenvalue weighted by molar-refractivity contribution is -0.193. The Kier molecular flexibility index (Phi) is 7.71. The van der Waals surface area contributed by atoms with E-state index in [4.69, 9.17) is 4.74 Å². The molecule has 1 aromatic heterocycles. The van der Waals surface area contributed by atoms with Gasteiger partial charge in [-0.25, -0.2) is 19.8 Å². The molecule has 3 aliphatic heterocycles. The summed E-state index contributed by atoms with van der Waals surface area (Å²) in [5, 5.41) is 2.81. The average molecular weight is 504 g/mol. The number of hydrogen-bond acceptors (Lipinski definition) is 8. The molecule has 3 fully saturated rings. The van der Waals surface area contributed by atoms with Crippen LogP contribution in [0, 0.1) is 11.7 Å². The Morgan fingerprint density at radius 1 is 1.17 bits per heavy atom. The molecule has 2 amide bonds. The van der Waals surface area contributed by atoms with Crippen LogP contribution in [-0.4, -0.2) is 89.9 Å². The average Bonchev–Trinajstić information content (AvgIpc) is 3.18. The van der Waals surface area contributed by atoms with Gasteiger partial charge in [0, 0.05) is 50.7 Å². The van der Waals surface area contributed by atoms with Gasteiger partial charge in [0.05, 0.1) is 19.0 Å². The van der Waals surface area contributed by atoms with Gasteiger partial charge in [0.15, 0.2) is 11.7 Å². The van der Waals surface area contributed by atoms with Gasteiger partial charge in [-0.15, -0.1) is 0 Å². The van der Waals surface area contributed by atoms with E-state index in [-0.39, 0.29) is 25.1 Å². The lowest BCUT2D eigenvalue weighted by Gasteiger charge is -2.36. The number of nitrogens with zero attached hydrogens (tertiary/aromatic N) is 4. The number of hydrazine groups is 1. The van der Waals surface area contributed by atoms with Gasteiger partial charge < -0.3 is 19.9 Å². The lowest BCUT2D eigenvalue weighted by Crippen LogP contribution is -2.65. The number of carbonyl (C=O) groups excluding carboxylic acids is 2. The van der Waals surface area contributed by atoms with Crippen LogP contribution in [-0.2, 0) is 14.3 Å². The number of ether oxygens (including phenoxy) is 1. The zero-order valence-electron chi connectivity index (χ0n) is 19.2. The van der Waals surface area contributed by atoms with Gasteiger partial charge in [0.1, 0.15) is 6.10 Å². The molecule has 3 aliphatic rings. The first kappa shape index (κ1) is 25.5. The minimum atomic E-state index is -4.68. The van der Waals surface area contributed by atoms with Crippen molar-refractivity contribution in [2.75, 3.05) is 37.7 Å². The van der Waals surface area contributed by atoms with Crippen LogP contribution in [0.25, 0.3) is 0 Å². The van der Waals surface area contributed by atoms with E-state index in [1.54, 1.807) is 11.8 Å². The SMILES string of the molecule is C[C@@H](CO[C@@H]1CCN(C2CCN(c3ncc(F)cn3)CC2)C1=O)NC1CNNC(=O)C1C(F)(F)F. The summed E-state index contributed by atoms with van der Waals surface area (Å²) in [4.78, 5) is 36.4. The number of aromatic nitrogens is 2. The fraction of sp³-hybridized carbons (Fsp3) is 0.714. The molecular formula is C21H29F4N7O3. The molecule has 0 saturated carbocycles. The van der Waals surface area contributed by atoms with Gasteiger partial charge >= 0.3 is 6.18 Å². The second-order valence-electron chi connectivity index (χ2n) is 9.13. The zero-order chi connectivity index (χ0) is 25.2. The minimum absolute atomic E-state index is 0.0350. The van der Waals surface area contributed by atoms with Gasteiger partial charge in [-0.3, -0.25) is 15.0 Å². The van der Waals surface area contributed by atoms with E-state index in [1.165, 1.54) is 0 Å². The summed E-state index contributed by atoms with van der Waals surface area (Å²) in [7, 11) is 0. The van der Waals surface area contributed by atoms with E-state index in [2.05, 4.69) is 20.7 Å². The first-order valence-corrected chi connectivity index (χ1v) is 11.6. The van der Waals surface area contributed by atoms with Crippen LogP contribution in [0.3, 0.4) is 0 Å². The zero-order valence-corrected chi connectivity index (χ0v) is 19.2. The number of piperidine rings is 1. The Balaban J connectivity index is 1.23. The fourth-order valence-electron chi connectivity index (χ4n) is 4.87. The van der Waals surface area contributed by atoms with Crippen molar-refractivity contribution < 1.29 is 31.9 Å². The minimum Gasteiger partial charge on any atom is -0.367 e. The number of nitrogens with one attached hydrogen (secondary N) is 3. The van der Waals surface area contributed by atoms with Crippen LogP contribution in [0.2, 0.25) is 0 Å². The Labute approximate surface area is 199 Å². The number of carbonyl (C=O) groups is 2. The van der Waals surface area contributed by atoms with Crippen LogP contribution >= 0.6 is 0 Å². The lowest BCUT2D eigenvalue weighted by atomic mass is 9.96. The van der Waals surface area contributed by atoms with Gasteiger partial charge in [-0.1, -0.05) is 0 Å². The highest BCUT2D eigenvalue weighted by atomic mass is 19.4. The summed E-state index contributed by atoms with van der Waals surface area (Å²) in [5.74, 6) is -3.46. The fourth-order valence-corrected chi connectivity index (χ4v) is 4.87. The Hall–Kier alpha value is -2.58. The second-order valence-corrected chi connectivity index (χ2v) is 9.13. The van der Waals surface area contributed by atoms with E-state index in [0.717, 1.165) is 12.4 Å². The molecule has 10 nitrogen and oxygen atoms in total. The molecule has 35 heavy (non-hydrogen) atoms. The Morgan fingerprint density at radius 3 is 2.51 bits per heavy atom. The molecule has 1 aromatic rings. The maximum Gasteiger partial charge on any atom is 0.402 e. The third kappa shape index (κ3) is 5.98. The van der Waals surface area contributed by atoms with Crippen LogP contribution in [0.4, 0.5) is 23.5 Å². The van der Waals surface area contributed by atoms with Gasteiger partial charge in [-0.2, -0.15) is 13.2 Å². The van der Waals surface area contributed by atoms with E-state index >= 15 is 0 Å². The molecule has 2 unspecified atom stereocenters. The summed E-state index contributed by atoms with van der Waals surface area (Å²) >= 11 is 0. The number of hydrogen-bond donors (Lipinski definition) is 3.